The minimum absolute atomic E-state index is 0.00529. The summed E-state index contributed by atoms with van der Waals surface area (Å²) in [5, 5.41) is 8.96. The molecule has 8 heteroatoms. The van der Waals surface area contributed by atoms with Crippen molar-refractivity contribution in [1.82, 2.24) is 0 Å². The molecule has 0 aromatic rings. The van der Waals surface area contributed by atoms with E-state index in [2.05, 4.69) is 17.5 Å². The fraction of sp³-hybridized carbons (Fsp3) is 0.889. The first-order valence-electron chi connectivity index (χ1n) is 5.17. The van der Waals surface area contributed by atoms with Gasteiger partial charge in [0.2, 0.25) is 0 Å². The van der Waals surface area contributed by atoms with Gasteiger partial charge in [-0.15, -0.1) is 10.1 Å². The van der Waals surface area contributed by atoms with E-state index < -0.39 is 21.8 Å². The normalized spacial score (nSPS) is 12.9. The van der Waals surface area contributed by atoms with E-state index in [4.69, 9.17) is 10.5 Å². The molecule has 17 heavy (non-hydrogen) atoms. The van der Waals surface area contributed by atoms with Gasteiger partial charge in [-0.2, -0.15) is 12.6 Å². The number of nitrogens with two attached hydrogens (primary N) is 1. The Morgan fingerprint density at radius 2 is 2.00 bits per heavy atom. The summed E-state index contributed by atoms with van der Waals surface area (Å²) in [7, 11) is 0. The van der Waals surface area contributed by atoms with Crippen LogP contribution >= 0.6 is 12.6 Å². The van der Waals surface area contributed by atoms with E-state index in [9.17, 15) is 14.9 Å². The van der Waals surface area contributed by atoms with Crippen molar-refractivity contribution in [2.75, 3.05) is 13.2 Å². The van der Waals surface area contributed by atoms with Crippen LogP contribution in [0.5, 0.6) is 0 Å². The molecule has 0 radical (unpaired) electrons. The zero-order valence-corrected chi connectivity index (χ0v) is 10.8. The fourth-order valence-electron chi connectivity index (χ4n) is 0.894. The van der Waals surface area contributed by atoms with Crippen molar-refractivity contribution < 1.29 is 19.5 Å². The van der Waals surface area contributed by atoms with Gasteiger partial charge in [-0.1, -0.05) is 0 Å². The van der Waals surface area contributed by atoms with Gasteiger partial charge < -0.3 is 15.3 Å². The van der Waals surface area contributed by atoms with E-state index in [0.29, 0.717) is 12.8 Å². The van der Waals surface area contributed by atoms with Crippen LogP contribution in [0, 0.1) is 10.1 Å². The molecule has 0 saturated carbocycles. The molecule has 0 aliphatic rings. The average molecular weight is 266 g/mol. The van der Waals surface area contributed by atoms with E-state index in [1.807, 2.05) is 0 Å². The molecule has 0 fully saturated rings. The second-order valence-corrected chi connectivity index (χ2v) is 5.22. The van der Waals surface area contributed by atoms with E-state index in [0.717, 1.165) is 0 Å². The zero-order valence-electron chi connectivity index (χ0n) is 9.92. The summed E-state index contributed by atoms with van der Waals surface area (Å²) in [5.74, 6) is -0.528. The molecule has 0 aliphatic carbocycles. The maximum atomic E-state index is 11.4. The van der Waals surface area contributed by atoms with Crippen LogP contribution < -0.4 is 5.73 Å². The maximum absolute atomic E-state index is 11.4. The lowest BCUT2D eigenvalue weighted by Gasteiger charge is -2.23. The quantitative estimate of drug-likeness (QED) is 0.218. The van der Waals surface area contributed by atoms with Crippen molar-refractivity contribution in [3.8, 4) is 0 Å². The Hall–Kier alpha value is -1.02. The first-order chi connectivity index (χ1) is 7.75. The fourth-order valence-corrected chi connectivity index (χ4v) is 1.000. The molecule has 0 aliphatic heterocycles. The lowest BCUT2D eigenvalue weighted by atomic mass is 10.1. The number of carbonyl (C=O) groups excluding carboxylic acids is 1. The first-order valence-corrected chi connectivity index (χ1v) is 5.61. The SMILES string of the molecule is CC(C)(S)[C@H](N)C(=O)OCCCCO[N+](=O)[O-]. The largest absolute Gasteiger partial charge is 0.464 e. The summed E-state index contributed by atoms with van der Waals surface area (Å²) in [4.78, 5) is 25.3. The molecular weight excluding hydrogens is 248 g/mol. The molecule has 100 valence electrons. The van der Waals surface area contributed by atoms with Crippen LogP contribution in [0.2, 0.25) is 0 Å². The summed E-state index contributed by atoms with van der Waals surface area (Å²) in [6, 6.07) is -0.805. The molecule has 2 N–H and O–H groups in total. The number of thiol groups is 1. The Balaban J connectivity index is 3.62. The molecule has 0 heterocycles. The Morgan fingerprint density at radius 1 is 1.47 bits per heavy atom. The Kier molecular flexibility index (Phi) is 6.89. The van der Waals surface area contributed by atoms with E-state index in [1.165, 1.54) is 0 Å². The summed E-state index contributed by atoms with van der Waals surface area (Å²) in [6.45, 7) is 3.59. The van der Waals surface area contributed by atoms with Crippen molar-refractivity contribution in [1.29, 1.82) is 0 Å². The van der Waals surface area contributed by atoms with Gasteiger partial charge in [-0.25, -0.2) is 0 Å². The second-order valence-electron chi connectivity index (χ2n) is 4.06. The molecule has 0 amide bonds. The van der Waals surface area contributed by atoms with Crippen molar-refractivity contribution >= 4 is 18.6 Å². The van der Waals surface area contributed by atoms with Gasteiger partial charge in [0.25, 0.3) is 5.09 Å². The topological polar surface area (TPSA) is 105 Å². The predicted octanol–water partition coefficient (Wildman–Crippen LogP) is 0.554. The summed E-state index contributed by atoms with van der Waals surface area (Å²) >= 11 is 4.17. The monoisotopic (exact) mass is 266 g/mol. The Bertz CT molecular complexity index is 267. The lowest BCUT2D eigenvalue weighted by molar-refractivity contribution is -0.757. The summed E-state index contributed by atoms with van der Waals surface area (Å²) in [6.07, 6.45) is 0.924. The van der Waals surface area contributed by atoms with Crippen LogP contribution in [-0.4, -0.2) is 35.1 Å². The molecule has 0 unspecified atom stereocenters. The molecule has 0 saturated heterocycles. The molecule has 0 rings (SSSR count). The second kappa shape index (κ2) is 7.33. The highest BCUT2D eigenvalue weighted by molar-refractivity contribution is 7.81. The van der Waals surface area contributed by atoms with Gasteiger partial charge in [0.05, 0.1) is 13.2 Å². The molecule has 0 bridgehead atoms. The minimum atomic E-state index is -0.856. The highest BCUT2D eigenvalue weighted by Gasteiger charge is 2.29. The number of hydrogen-bond acceptors (Lipinski definition) is 7. The smallest absolute Gasteiger partial charge is 0.324 e. The molecule has 7 nitrogen and oxygen atoms in total. The van der Waals surface area contributed by atoms with E-state index in [-0.39, 0.29) is 13.2 Å². The van der Waals surface area contributed by atoms with E-state index >= 15 is 0 Å². The van der Waals surface area contributed by atoms with Gasteiger partial charge in [0, 0.05) is 4.75 Å². The lowest BCUT2D eigenvalue weighted by Crippen LogP contribution is -2.46. The minimum Gasteiger partial charge on any atom is -0.464 e. The summed E-state index contributed by atoms with van der Waals surface area (Å²) in [5.41, 5.74) is 5.61. The van der Waals surface area contributed by atoms with Crippen LogP contribution in [0.4, 0.5) is 0 Å². The molecular formula is C9H18N2O5S. The standard InChI is InChI=1S/C9H18N2O5S/c1-9(2,17)7(10)8(12)15-5-3-4-6-16-11(13)14/h7,17H,3-6,10H2,1-2H3/t7-/m1/s1. The van der Waals surface area contributed by atoms with Gasteiger partial charge in [-0.05, 0) is 26.7 Å². The average Bonchev–Trinajstić information content (AvgIpc) is 2.19. The Labute approximate surface area is 105 Å². The van der Waals surface area contributed by atoms with Crippen molar-refractivity contribution in [2.24, 2.45) is 5.73 Å². The first kappa shape index (κ1) is 16.0. The number of carbonyl (C=O) groups is 1. The third kappa shape index (κ3) is 7.81. The number of unbranched alkanes of at least 4 members (excludes halogenated alkanes) is 1. The van der Waals surface area contributed by atoms with Crippen molar-refractivity contribution in [3.05, 3.63) is 10.1 Å². The third-order valence-corrected chi connectivity index (χ3v) is 2.27. The van der Waals surface area contributed by atoms with E-state index in [1.54, 1.807) is 13.8 Å². The third-order valence-electron chi connectivity index (χ3n) is 1.99. The molecule has 0 spiro atoms. The van der Waals surface area contributed by atoms with Crippen LogP contribution in [-0.2, 0) is 14.4 Å². The Morgan fingerprint density at radius 3 is 2.47 bits per heavy atom. The van der Waals surface area contributed by atoms with Gasteiger partial charge in [0.15, 0.2) is 0 Å². The van der Waals surface area contributed by atoms with Crippen molar-refractivity contribution in [3.63, 3.8) is 0 Å². The van der Waals surface area contributed by atoms with Gasteiger partial charge in [0.1, 0.15) is 6.04 Å². The number of esters is 1. The molecule has 0 aromatic heterocycles. The van der Waals surface area contributed by atoms with Crippen LogP contribution in [0.15, 0.2) is 0 Å². The van der Waals surface area contributed by atoms with Crippen LogP contribution in [0.1, 0.15) is 26.7 Å². The van der Waals surface area contributed by atoms with Crippen LogP contribution in [0.3, 0.4) is 0 Å². The van der Waals surface area contributed by atoms with Gasteiger partial charge in [-0.3, -0.25) is 4.79 Å². The highest BCUT2D eigenvalue weighted by Crippen LogP contribution is 2.16. The van der Waals surface area contributed by atoms with Gasteiger partial charge >= 0.3 is 5.97 Å². The predicted molar refractivity (Wildman–Crippen MR) is 64.2 cm³/mol. The van der Waals surface area contributed by atoms with Crippen LogP contribution in [0.25, 0.3) is 0 Å². The highest BCUT2D eigenvalue weighted by atomic mass is 32.1. The number of hydrogen-bond donors (Lipinski definition) is 2. The number of ether oxygens (including phenoxy) is 1. The number of rotatable bonds is 8. The summed E-state index contributed by atoms with van der Waals surface area (Å²) < 4.78 is 4.25. The van der Waals surface area contributed by atoms with Crippen molar-refractivity contribution in [2.45, 2.75) is 37.5 Å². The zero-order chi connectivity index (χ0) is 13.5. The molecule has 0 aromatic carbocycles. The molecule has 1 atom stereocenters. The maximum Gasteiger partial charge on any atom is 0.324 e. The number of nitrogens with zero attached hydrogens (tertiary/aromatic N) is 1.